The molecule has 3 N–H and O–H groups in total. The molecule has 0 bridgehead atoms. The third-order valence-corrected chi connectivity index (χ3v) is 10.3. The number of H-pyrrole nitrogens is 1. The van der Waals surface area contributed by atoms with E-state index >= 15 is 0 Å². The standard InChI is InChI=1S/C30H32Cl2N4O4S/c1-17-27(34-18(2)28(17)30(38)33-15-19-9-11-36(3)12-10-19)14-22-21-13-20(7-8-26(21)35-29(22)37)41(39,40)16-23-24(31)5-4-6-25(23)32/h4-8,13-14,19,34H,9-12,15-16H2,1-3H3,(H,33,38)(H,35,37)/b22-14-. The lowest BCUT2D eigenvalue weighted by Crippen LogP contribution is -2.37. The number of nitrogens with zero attached hydrogens (tertiary/aromatic N) is 1. The third-order valence-electron chi connectivity index (χ3n) is 7.91. The van der Waals surface area contributed by atoms with Crippen molar-refractivity contribution in [3.63, 3.8) is 0 Å². The Balaban J connectivity index is 1.40. The van der Waals surface area contributed by atoms with Crippen molar-refractivity contribution in [2.45, 2.75) is 37.3 Å². The van der Waals surface area contributed by atoms with Gasteiger partial charge in [-0.2, -0.15) is 0 Å². The molecule has 1 aromatic heterocycles. The highest BCUT2D eigenvalue weighted by molar-refractivity contribution is 7.90. The fraction of sp³-hybridized carbons (Fsp3) is 0.333. The molecule has 0 radical (unpaired) electrons. The van der Waals surface area contributed by atoms with Gasteiger partial charge in [-0.3, -0.25) is 9.59 Å². The molecule has 216 valence electrons. The van der Waals surface area contributed by atoms with Gasteiger partial charge in [0.1, 0.15) is 0 Å². The number of likely N-dealkylation sites (tertiary alicyclic amines) is 1. The number of piperidine rings is 1. The van der Waals surface area contributed by atoms with E-state index in [-0.39, 0.29) is 32.5 Å². The number of nitrogens with one attached hydrogen (secondary N) is 3. The number of halogens is 2. The predicted molar refractivity (Wildman–Crippen MR) is 163 cm³/mol. The summed E-state index contributed by atoms with van der Waals surface area (Å²) in [7, 11) is -1.73. The van der Waals surface area contributed by atoms with Gasteiger partial charge in [-0.1, -0.05) is 29.3 Å². The molecule has 0 spiro atoms. The van der Waals surface area contributed by atoms with Crippen LogP contribution in [0.2, 0.25) is 10.0 Å². The number of hydrogen-bond acceptors (Lipinski definition) is 5. The van der Waals surface area contributed by atoms with Crippen LogP contribution in [-0.4, -0.2) is 56.8 Å². The van der Waals surface area contributed by atoms with Gasteiger partial charge in [0.25, 0.3) is 11.8 Å². The van der Waals surface area contributed by atoms with Crippen LogP contribution in [0.15, 0.2) is 41.3 Å². The first-order valence-corrected chi connectivity index (χ1v) is 15.8. The highest BCUT2D eigenvalue weighted by atomic mass is 35.5. The van der Waals surface area contributed by atoms with Crippen LogP contribution < -0.4 is 10.6 Å². The quantitative estimate of drug-likeness (QED) is 0.305. The molecule has 8 nitrogen and oxygen atoms in total. The number of carbonyl (C=O) groups is 2. The molecule has 11 heteroatoms. The van der Waals surface area contributed by atoms with Crippen molar-refractivity contribution in [2.24, 2.45) is 5.92 Å². The molecule has 0 atom stereocenters. The molecule has 41 heavy (non-hydrogen) atoms. The van der Waals surface area contributed by atoms with E-state index in [0.29, 0.717) is 57.4 Å². The van der Waals surface area contributed by atoms with Crippen LogP contribution in [0.4, 0.5) is 5.69 Å². The Labute approximate surface area is 250 Å². The van der Waals surface area contributed by atoms with Crippen LogP contribution in [0, 0.1) is 19.8 Å². The minimum absolute atomic E-state index is 0.0444. The van der Waals surface area contributed by atoms with Gasteiger partial charge in [-0.15, -0.1) is 0 Å². The summed E-state index contributed by atoms with van der Waals surface area (Å²) < 4.78 is 26.7. The van der Waals surface area contributed by atoms with Crippen LogP contribution in [-0.2, 0) is 20.4 Å². The molecule has 3 aromatic rings. The van der Waals surface area contributed by atoms with Crippen molar-refractivity contribution < 1.29 is 18.0 Å². The molecular formula is C30H32Cl2N4O4S. The molecule has 1 saturated heterocycles. The molecule has 2 amide bonds. The van der Waals surface area contributed by atoms with Gasteiger partial charge in [-0.05, 0) is 94.7 Å². The molecule has 0 aliphatic carbocycles. The lowest BCUT2D eigenvalue weighted by Gasteiger charge is -2.28. The minimum atomic E-state index is -3.83. The number of carbonyl (C=O) groups excluding carboxylic acids is 2. The highest BCUT2D eigenvalue weighted by Gasteiger charge is 2.29. The van der Waals surface area contributed by atoms with Crippen molar-refractivity contribution in [2.75, 3.05) is 32.0 Å². The summed E-state index contributed by atoms with van der Waals surface area (Å²) in [6.07, 6.45) is 3.77. The first-order chi connectivity index (χ1) is 19.4. The van der Waals surface area contributed by atoms with Crippen molar-refractivity contribution >= 4 is 62.2 Å². The van der Waals surface area contributed by atoms with E-state index in [4.69, 9.17) is 23.2 Å². The van der Waals surface area contributed by atoms with Crippen LogP contribution in [0.1, 0.15) is 51.3 Å². The lowest BCUT2D eigenvalue weighted by atomic mass is 9.97. The normalized spacial score (nSPS) is 17.1. The van der Waals surface area contributed by atoms with E-state index in [1.54, 1.807) is 30.3 Å². The molecule has 2 aromatic carbocycles. The minimum Gasteiger partial charge on any atom is -0.358 e. The Morgan fingerprint density at radius 3 is 2.49 bits per heavy atom. The number of hydrogen-bond donors (Lipinski definition) is 3. The maximum atomic E-state index is 13.3. The smallest absolute Gasteiger partial charge is 0.256 e. The van der Waals surface area contributed by atoms with Crippen LogP contribution >= 0.6 is 23.2 Å². The zero-order chi connectivity index (χ0) is 29.5. The summed E-state index contributed by atoms with van der Waals surface area (Å²) in [5.74, 6) is -0.434. The van der Waals surface area contributed by atoms with E-state index < -0.39 is 9.84 Å². The zero-order valence-corrected chi connectivity index (χ0v) is 25.4. The van der Waals surface area contributed by atoms with E-state index in [2.05, 4.69) is 27.6 Å². The number of amides is 2. The summed E-state index contributed by atoms with van der Waals surface area (Å²) in [6, 6.07) is 9.35. The number of anilines is 1. The molecular weight excluding hydrogens is 583 g/mol. The van der Waals surface area contributed by atoms with Crippen LogP contribution in [0.25, 0.3) is 11.6 Å². The largest absolute Gasteiger partial charge is 0.358 e. The number of rotatable bonds is 7. The number of aromatic nitrogens is 1. The Hall–Kier alpha value is -3.11. The molecule has 2 aliphatic rings. The van der Waals surface area contributed by atoms with E-state index in [1.807, 2.05) is 13.8 Å². The SMILES string of the molecule is Cc1[nH]c(/C=C2\C(=O)Nc3ccc(S(=O)(=O)Cc4c(Cl)cccc4Cl)cc32)c(C)c1C(=O)NCC1CCN(C)CC1. The van der Waals surface area contributed by atoms with E-state index in [1.165, 1.54) is 12.1 Å². The van der Waals surface area contributed by atoms with Gasteiger partial charge in [0.15, 0.2) is 9.84 Å². The number of aromatic amines is 1. The summed E-state index contributed by atoms with van der Waals surface area (Å²) in [4.78, 5) is 31.7. The maximum Gasteiger partial charge on any atom is 0.256 e. The predicted octanol–water partition coefficient (Wildman–Crippen LogP) is 5.48. The second-order valence-electron chi connectivity index (χ2n) is 10.8. The zero-order valence-electron chi connectivity index (χ0n) is 23.1. The van der Waals surface area contributed by atoms with Crippen molar-refractivity contribution in [1.82, 2.24) is 15.2 Å². The van der Waals surface area contributed by atoms with Gasteiger partial charge in [0.2, 0.25) is 0 Å². The van der Waals surface area contributed by atoms with Gasteiger partial charge in [0.05, 0.1) is 21.8 Å². The first-order valence-electron chi connectivity index (χ1n) is 13.4. The second-order valence-corrected chi connectivity index (χ2v) is 13.6. The van der Waals surface area contributed by atoms with Gasteiger partial charge in [-0.25, -0.2) is 8.42 Å². The van der Waals surface area contributed by atoms with Crippen molar-refractivity contribution in [1.29, 1.82) is 0 Å². The Morgan fingerprint density at radius 1 is 1.12 bits per heavy atom. The van der Waals surface area contributed by atoms with E-state index in [0.717, 1.165) is 25.9 Å². The average Bonchev–Trinajstić information content (AvgIpc) is 3.39. The molecule has 3 heterocycles. The monoisotopic (exact) mass is 614 g/mol. The number of fused-ring (bicyclic) bond motifs is 1. The summed E-state index contributed by atoms with van der Waals surface area (Å²) in [5.41, 5.74) is 4.17. The number of aryl methyl sites for hydroxylation is 1. The lowest BCUT2D eigenvalue weighted by molar-refractivity contribution is -0.110. The topological polar surface area (TPSA) is 111 Å². The summed E-state index contributed by atoms with van der Waals surface area (Å²) in [6.45, 7) is 6.34. The fourth-order valence-electron chi connectivity index (χ4n) is 5.44. The maximum absolute atomic E-state index is 13.3. The van der Waals surface area contributed by atoms with Gasteiger partial charge in [0, 0.05) is 44.8 Å². The molecule has 5 rings (SSSR count). The van der Waals surface area contributed by atoms with Crippen LogP contribution in [0.5, 0.6) is 0 Å². The number of benzene rings is 2. The molecule has 0 unspecified atom stereocenters. The Kier molecular flexibility index (Phi) is 8.34. The number of sulfone groups is 1. The Morgan fingerprint density at radius 2 is 1.80 bits per heavy atom. The van der Waals surface area contributed by atoms with Crippen molar-refractivity contribution in [3.05, 3.63) is 80.1 Å². The summed E-state index contributed by atoms with van der Waals surface area (Å²) in [5, 5.41) is 6.42. The van der Waals surface area contributed by atoms with Gasteiger partial charge >= 0.3 is 0 Å². The van der Waals surface area contributed by atoms with Crippen LogP contribution in [0.3, 0.4) is 0 Å². The molecule has 2 aliphatic heterocycles. The molecule has 0 saturated carbocycles. The Bertz CT molecular complexity index is 1650. The highest BCUT2D eigenvalue weighted by Crippen LogP contribution is 2.37. The molecule has 1 fully saturated rings. The first kappa shape index (κ1) is 29.4. The summed E-state index contributed by atoms with van der Waals surface area (Å²) >= 11 is 12.4. The fourth-order valence-corrected chi connectivity index (χ4v) is 7.56. The third kappa shape index (κ3) is 6.09. The average molecular weight is 616 g/mol. The van der Waals surface area contributed by atoms with Gasteiger partial charge < -0.3 is 20.5 Å². The van der Waals surface area contributed by atoms with Crippen molar-refractivity contribution in [3.8, 4) is 0 Å². The van der Waals surface area contributed by atoms with E-state index in [9.17, 15) is 18.0 Å². The second kappa shape index (κ2) is 11.6.